The smallest absolute Gasteiger partial charge is 0.240 e. The van der Waals surface area contributed by atoms with Crippen molar-refractivity contribution in [1.29, 1.82) is 0 Å². The van der Waals surface area contributed by atoms with Crippen LogP contribution in [0.5, 0.6) is 0 Å². The van der Waals surface area contributed by atoms with Crippen LogP contribution in [0, 0.1) is 0 Å². The largest absolute Gasteiger partial charge is 0.354 e. The molecular weight excluding hydrogens is 380 g/mol. The number of hydrogen-bond acceptors (Lipinski definition) is 4. The Labute approximate surface area is 168 Å². The van der Waals surface area contributed by atoms with Gasteiger partial charge in [0.15, 0.2) is 0 Å². The number of benzene rings is 1. The maximum absolute atomic E-state index is 12.4. The normalized spacial score (nSPS) is 15.7. The zero-order valence-corrected chi connectivity index (χ0v) is 18.2. The molecule has 0 unspecified atom stereocenters. The van der Waals surface area contributed by atoms with Crippen molar-refractivity contribution in [3.05, 3.63) is 29.8 Å². The van der Waals surface area contributed by atoms with E-state index in [1.807, 2.05) is 37.7 Å². The lowest BCUT2D eigenvalue weighted by molar-refractivity contribution is -0.119. The zero-order valence-electron chi connectivity index (χ0n) is 16.6. The summed E-state index contributed by atoms with van der Waals surface area (Å²) in [6.45, 7) is 4.42. The van der Waals surface area contributed by atoms with E-state index in [0.717, 1.165) is 17.6 Å². The average molecular weight is 413 g/mol. The third kappa shape index (κ3) is 7.03. The summed E-state index contributed by atoms with van der Waals surface area (Å²) in [6, 6.07) is 7.37. The predicted molar refractivity (Wildman–Crippen MR) is 115 cm³/mol. The van der Waals surface area contributed by atoms with Gasteiger partial charge in [-0.2, -0.15) is 11.8 Å². The van der Waals surface area contributed by atoms with Crippen molar-refractivity contribution in [2.75, 3.05) is 29.4 Å². The third-order valence-electron chi connectivity index (χ3n) is 4.84. The van der Waals surface area contributed by atoms with Crippen molar-refractivity contribution in [1.82, 2.24) is 5.32 Å². The number of carbonyl (C=O) groups excluding carboxylic acids is 1. The van der Waals surface area contributed by atoms with E-state index in [-0.39, 0.29) is 18.4 Å². The molecule has 0 aromatic heterocycles. The van der Waals surface area contributed by atoms with Crippen LogP contribution in [0.25, 0.3) is 0 Å². The molecule has 0 spiro atoms. The Balaban J connectivity index is 1.93. The van der Waals surface area contributed by atoms with Crippen molar-refractivity contribution in [2.45, 2.75) is 57.1 Å². The van der Waals surface area contributed by atoms with Crippen LogP contribution < -0.4 is 9.62 Å². The molecule has 1 aromatic carbocycles. The van der Waals surface area contributed by atoms with Gasteiger partial charge in [-0.25, -0.2) is 8.42 Å². The molecule has 1 aliphatic rings. The van der Waals surface area contributed by atoms with Crippen LogP contribution in [0.4, 0.5) is 5.69 Å². The van der Waals surface area contributed by atoms with Gasteiger partial charge in [0.05, 0.1) is 11.9 Å². The van der Waals surface area contributed by atoms with Gasteiger partial charge in [-0.3, -0.25) is 9.10 Å². The molecule has 0 heterocycles. The first kappa shape index (κ1) is 22.1. The molecule has 2 rings (SSSR count). The minimum atomic E-state index is -3.55. The van der Waals surface area contributed by atoms with Gasteiger partial charge in [0.2, 0.25) is 15.9 Å². The second kappa shape index (κ2) is 10.4. The molecule has 7 heteroatoms. The molecule has 5 nitrogen and oxygen atoms in total. The van der Waals surface area contributed by atoms with E-state index in [1.165, 1.54) is 36.4 Å². The highest BCUT2D eigenvalue weighted by molar-refractivity contribution is 7.99. The number of nitrogens with zero attached hydrogens (tertiary/aromatic N) is 1. The first-order chi connectivity index (χ1) is 12.8. The number of thioether (sulfide) groups is 1. The summed E-state index contributed by atoms with van der Waals surface area (Å²) in [5.74, 6) is 0.779. The molecule has 1 saturated carbocycles. The van der Waals surface area contributed by atoms with Crippen molar-refractivity contribution in [3.8, 4) is 0 Å². The molecule has 1 amide bonds. The van der Waals surface area contributed by atoms with Crippen LogP contribution in [0.3, 0.4) is 0 Å². The number of amides is 1. The van der Waals surface area contributed by atoms with Crippen molar-refractivity contribution < 1.29 is 13.2 Å². The Morgan fingerprint density at radius 3 is 2.52 bits per heavy atom. The molecule has 1 fully saturated rings. The fraction of sp³-hybridized carbons (Fsp3) is 0.650. The zero-order chi connectivity index (χ0) is 19.9. The lowest BCUT2D eigenvalue weighted by Gasteiger charge is -2.25. The Kier molecular flexibility index (Phi) is 8.48. The number of hydrogen-bond donors (Lipinski definition) is 1. The Bertz CT molecular complexity index is 714. The van der Waals surface area contributed by atoms with Crippen LogP contribution in [-0.4, -0.2) is 44.7 Å². The maximum Gasteiger partial charge on any atom is 0.240 e. The summed E-state index contributed by atoms with van der Waals surface area (Å²) < 4.78 is 25.9. The third-order valence-corrected chi connectivity index (χ3v) is 7.35. The molecule has 1 aliphatic carbocycles. The molecule has 0 atom stereocenters. The van der Waals surface area contributed by atoms with Gasteiger partial charge >= 0.3 is 0 Å². The highest BCUT2D eigenvalue weighted by Gasteiger charge is 2.23. The van der Waals surface area contributed by atoms with Crippen molar-refractivity contribution >= 4 is 33.4 Å². The summed E-state index contributed by atoms with van der Waals surface area (Å²) in [7, 11) is -3.55. The van der Waals surface area contributed by atoms with Gasteiger partial charge < -0.3 is 5.32 Å². The van der Waals surface area contributed by atoms with E-state index in [9.17, 15) is 13.2 Å². The quantitative estimate of drug-likeness (QED) is 0.627. The standard InChI is InChI=1S/C20H32N2O3S2/c1-16(2)18-11-7-8-12-19(18)22(27(3,24)25)15-20(23)21-13-14-26-17-9-5-4-6-10-17/h7-8,11-12,16-17H,4-6,9-10,13-15H2,1-3H3,(H,21,23). The first-order valence-electron chi connectivity index (χ1n) is 9.74. The number of anilines is 1. The lowest BCUT2D eigenvalue weighted by Crippen LogP contribution is -2.41. The van der Waals surface area contributed by atoms with Crippen molar-refractivity contribution in [2.24, 2.45) is 0 Å². The molecule has 0 radical (unpaired) electrons. The van der Waals surface area contributed by atoms with Gasteiger partial charge in [-0.05, 0) is 30.4 Å². The Morgan fingerprint density at radius 2 is 1.89 bits per heavy atom. The van der Waals surface area contributed by atoms with Crippen LogP contribution in [0.1, 0.15) is 57.4 Å². The van der Waals surface area contributed by atoms with Crippen LogP contribution in [-0.2, 0) is 14.8 Å². The van der Waals surface area contributed by atoms with E-state index < -0.39 is 10.0 Å². The van der Waals surface area contributed by atoms with Gasteiger partial charge in [-0.15, -0.1) is 0 Å². The summed E-state index contributed by atoms with van der Waals surface area (Å²) in [4.78, 5) is 12.4. The van der Waals surface area contributed by atoms with Gasteiger partial charge in [-0.1, -0.05) is 51.3 Å². The van der Waals surface area contributed by atoms with E-state index in [4.69, 9.17) is 0 Å². The Morgan fingerprint density at radius 1 is 1.22 bits per heavy atom. The number of rotatable bonds is 9. The SMILES string of the molecule is CC(C)c1ccccc1N(CC(=O)NCCSC1CCCCC1)S(C)(=O)=O. The van der Waals surface area contributed by atoms with Gasteiger partial charge in [0.25, 0.3) is 0 Å². The van der Waals surface area contributed by atoms with Crippen LogP contribution >= 0.6 is 11.8 Å². The minimum Gasteiger partial charge on any atom is -0.354 e. The molecule has 152 valence electrons. The van der Waals surface area contributed by atoms with Crippen molar-refractivity contribution in [3.63, 3.8) is 0 Å². The number of para-hydroxylation sites is 1. The topological polar surface area (TPSA) is 66.5 Å². The molecule has 27 heavy (non-hydrogen) atoms. The monoisotopic (exact) mass is 412 g/mol. The minimum absolute atomic E-state index is 0.167. The summed E-state index contributed by atoms with van der Waals surface area (Å²) >= 11 is 1.92. The second-order valence-electron chi connectivity index (χ2n) is 7.46. The lowest BCUT2D eigenvalue weighted by atomic mass is 10.0. The molecule has 1 N–H and O–H groups in total. The van der Waals surface area contributed by atoms with E-state index >= 15 is 0 Å². The van der Waals surface area contributed by atoms with Crippen LogP contribution in [0.2, 0.25) is 0 Å². The molecule has 0 aliphatic heterocycles. The molecule has 0 bridgehead atoms. The number of nitrogens with one attached hydrogen (secondary N) is 1. The number of carbonyl (C=O) groups is 1. The Hall–Kier alpha value is -1.21. The first-order valence-corrected chi connectivity index (χ1v) is 12.6. The second-order valence-corrected chi connectivity index (χ2v) is 10.8. The van der Waals surface area contributed by atoms with Crippen LogP contribution in [0.15, 0.2) is 24.3 Å². The van der Waals surface area contributed by atoms with Gasteiger partial charge in [0.1, 0.15) is 6.54 Å². The summed E-state index contributed by atoms with van der Waals surface area (Å²) in [6.07, 6.45) is 7.65. The highest BCUT2D eigenvalue weighted by atomic mass is 32.2. The molecule has 0 saturated heterocycles. The number of sulfonamides is 1. The van der Waals surface area contributed by atoms with E-state index in [1.54, 1.807) is 12.1 Å². The fourth-order valence-corrected chi connectivity index (χ4v) is 5.51. The maximum atomic E-state index is 12.4. The average Bonchev–Trinajstić information content (AvgIpc) is 2.63. The molecular formula is C20H32N2O3S2. The summed E-state index contributed by atoms with van der Waals surface area (Å²) in [5, 5.41) is 3.59. The predicted octanol–water partition coefficient (Wildman–Crippen LogP) is 3.76. The van der Waals surface area contributed by atoms with E-state index in [0.29, 0.717) is 17.5 Å². The highest BCUT2D eigenvalue weighted by Crippen LogP contribution is 2.29. The summed E-state index contributed by atoms with van der Waals surface area (Å²) in [5.41, 5.74) is 1.50. The van der Waals surface area contributed by atoms with E-state index in [2.05, 4.69) is 5.32 Å². The fourth-order valence-electron chi connectivity index (χ4n) is 3.42. The molecule has 1 aromatic rings. The van der Waals surface area contributed by atoms with Gasteiger partial charge in [0, 0.05) is 17.5 Å².